The van der Waals surface area contributed by atoms with Crippen molar-refractivity contribution in [1.82, 2.24) is 9.71 Å². The Labute approximate surface area is 153 Å². The van der Waals surface area contributed by atoms with Gasteiger partial charge in [0, 0.05) is 17.6 Å². The minimum atomic E-state index is -3.60. The summed E-state index contributed by atoms with van der Waals surface area (Å²) in [4.78, 5) is 15.3. The normalized spacial score (nSPS) is 11.8. The van der Waals surface area contributed by atoms with Crippen LogP contribution in [-0.2, 0) is 16.4 Å². The first-order valence-electron chi connectivity index (χ1n) is 8.46. The van der Waals surface area contributed by atoms with Crippen LogP contribution in [-0.4, -0.2) is 19.9 Å². The number of nitrogens with one attached hydrogen (secondary N) is 2. The molecule has 0 unspecified atom stereocenters. The molecule has 0 aliphatic carbocycles. The smallest absolute Gasteiger partial charge is 0.251 e. The highest BCUT2D eigenvalue weighted by molar-refractivity contribution is 7.89. The Kier molecular flexibility index (Phi) is 4.98. The van der Waals surface area contributed by atoms with E-state index in [9.17, 15) is 13.2 Å². The van der Waals surface area contributed by atoms with E-state index in [1.807, 2.05) is 44.2 Å². The van der Waals surface area contributed by atoms with Gasteiger partial charge in [-0.1, -0.05) is 29.3 Å². The first-order chi connectivity index (χ1) is 12.3. The topological polar surface area (TPSA) is 79.0 Å². The molecular formula is C20H22N2O3S. The molecule has 3 aromatic rings. The molecule has 0 amide bonds. The van der Waals surface area contributed by atoms with Crippen molar-refractivity contribution in [2.24, 2.45) is 0 Å². The van der Waals surface area contributed by atoms with Crippen LogP contribution in [0.15, 0.2) is 52.2 Å². The van der Waals surface area contributed by atoms with Gasteiger partial charge in [-0.3, -0.25) is 4.79 Å². The monoisotopic (exact) mass is 370 g/mol. The molecule has 0 saturated carbocycles. The Morgan fingerprint density at radius 2 is 1.65 bits per heavy atom. The number of H-pyrrole nitrogens is 1. The van der Waals surface area contributed by atoms with E-state index in [2.05, 4.69) is 9.71 Å². The van der Waals surface area contributed by atoms with Crippen molar-refractivity contribution in [3.63, 3.8) is 0 Å². The molecule has 0 aliphatic heterocycles. The predicted molar refractivity (Wildman–Crippen MR) is 104 cm³/mol. The van der Waals surface area contributed by atoms with Crippen molar-refractivity contribution in [2.75, 3.05) is 6.54 Å². The standard InChI is InChI=1S/C20H22N2O3S/c1-13-5-7-19(15(3)10-13)26(24,25)21-9-8-16-12-17-11-14(2)4-6-18(17)22-20(16)23/h4-7,10-12,21H,8-9H2,1-3H3,(H,22,23). The SMILES string of the molecule is Cc1ccc(S(=O)(=O)NCCc2cc3cc(C)ccc3[nH]c2=O)c(C)c1. The van der Waals surface area contributed by atoms with Crippen molar-refractivity contribution in [3.8, 4) is 0 Å². The maximum atomic E-state index is 12.5. The number of benzene rings is 2. The Bertz CT molecular complexity index is 1130. The number of aryl methyl sites for hydroxylation is 3. The zero-order valence-electron chi connectivity index (χ0n) is 15.1. The summed E-state index contributed by atoms with van der Waals surface area (Å²) in [5, 5.41) is 0.942. The summed E-state index contributed by atoms with van der Waals surface area (Å²) in [7, 11) is -3.60. The van der Waals surface area contributed by atoms with Gasteiger partial charge in [-0.05, 0) is 62.4 Å². The highest BCUT2D eigenvalue weighted by atomic mass is 32.2. The molecule has 0 saturated heterocycles. The van der Waals surface area contributed by atoms with E-state index in [-0.39, 0.29) is 17.0 Å². The van der Waals surface area contributed by atoms with Crippen molar-refractivity contribution in [1.29, 1.82) is 0 Å². The van der Waals surface area contributed by atoms with Crippen LogP contribution in [0.5, 0.6) is 0 Å². The highest BCUT2D eigenvalue weighted by Gasteiger charge is 2.16. The van der Waals surface area contributed by atoms with Gasteiger partial charge in [-0.15, -0.1) is 0 Å². The molecule has 5 nitrogen and oxygen atoms in total. The molecule has 3 rings (SSSR count). The number of aromatic amines is 1. The lowest BCUT2D eigenvalue weighted by Gasteiger charge is -2.10. The lowest BCUT2D eigenvalue weighted by Crippen LogP contribution is -2.28. The molecule has 6 heteroatoms. The average molecular weight is 370 g/mol. The number of pyridine rings is 1. The van der Waals surface area contributed by atoms with E-state index in [1.165, 1.54) is 0 Å². The third-order valence-electron chi connectivity index (χ3n) is 4.38. The van der Waals surface area contributed by atoms with Crippen LogP contribution in [0.2, 0.25) is 0 Å². The molecule has 2 N–H and O–H groups in total. The van der Waals surface area contributed by atoms with Crippen molar-refractivity contribution >= 4 is 20.9 Å². The number of aromatic nitrogens is 1. The van der Waals surface area contributed by atoms with Gasteiger partial charge < -0.3 is 4.98 Å². The molecule has 0 atom stereocenters. The Hall–Kier alpha value is -2.44. The van der Waals surface area contributed by atoms with E-state index >= 15 is 0 Å². The average Bonchev–Trinajstić information content (AvgIpc) is 2.55. The summed E-state index contributed by atoms with van der Waals surface area (Å²) < 4.78 is 27.6. The Balaban J connectivity index is 1.78. The Morgan fingerprint density at radius 3 is 2.38 bits per heavy atom. The maximum Gasteiger partial charge on any atom is 0.251 e. The molecule has 0 aliphatic rings. The molecule has 0 radical (unpaired) electrons. The fraction of sp³-hybridized carbons (Fsp3) is 0.250. The second-order valence-corrected chi connectivity index (χ2v) is 8.37. The van der Waals surface area contributed by atoms with Gasteiger partial charge >= 0.3 is 0 Å². The van der Waals surface area contributed by atoms with Gasteiger partial charge in [-0.2, -0.15) is 0 Å². The lowest BCUT2D eigenvalue weighted by atomic mass is 10.1. The van der Waals surface area contributed by atoms with Gasteiger partial charge in [0.05, 0.1) is 4.90 Å². The van der Waals surface area contributed by atoms with E-state index in [1.54, 1.807) is 19.1 Å². The molecule has 1 aromatic heterocycles. The molecule has 0 spiro atoms. The molecule has 0 fully saturated rings. The first-order valence-corrected chi connectivity index (χ1v) is 9.94. The number of sulfonamides is 1. The summed E-state index contributed by atoms with van der Waals surface area (Å²) in [5.41, 5.74) is 3.97. The molecule has 1 heterocycles. The summed E-state index contributed by atoms with van der Waals surface area (Å²) in [6.45, 7) is 5.85. The second kappa shape index (κ2) is 7.05. The lowest BCUT2D eigenvalue weighted by molar-refractivity contribution is 0.581. The summed E-state index contributed by atoms with van der Waals surface area (Å²) in [6.07, 6.45) is 0.323. The van der Waals surface area contributed by atoms with Gasteiger partial charge in [0.15, 0.2) is 0 Å². The van der Waals surface area contributed by atoms with Crippen molar-refractivity contribution < 1.29 is 8.42 Å². The highest BCUT2D eigenvalue weighted by Crippen LogP contribution is 2.16. The minimum Gasteiger partial charge on any atom is -0.322 e. The number of hydrogen-bond donors (Lipinski definition) is 2. The van der Waals surface area contributed by atoms with Gasteiger partial charge in [0.1, 0.15) is 0 Å². The Morgan fingerprint density at radius 1 is 0.962 bits per heavy atom. The number of rotatable bonds is 5. The molecular weight excluding hydrogens is 348 g/mol. The second-order valence-electron chi connectivity index (χ2n) is 6.63. The fourth-order valence-corrected chi connectivity index (χ4v) is 4.31. The van der Waals surface area contributed by atoms with Crippen LogP contribution < -0.4 is 10.3 Å². The van der Waals surface area contributed by atoms with E-state index < -0.39 is 10.0 Å². The van der Waals surface area contributed by atoms with Gasteiger partial charge in [0.2, 0.25) is 10.0 Å². The van der Waals surface area contributed by atoms with Crippen LogP contribution >= 0.6 is 0 Å². The molecule has 2 aromatic carbocycles. The quantitative estimate of drug-likeness (QED) is 0.725. The number of hydrogen-bond acceptors (Lipinski definition) is 3. The van der Waals surface area contributed by atoms with Crippen LogP contribution in [0.4, 0.5) is 0 Å². The zero-order chi connectivity index (χ0) is 18.9. The fourth-order valence-electron chi connectivity index (χ4n) is 3.06. The van der Waals surface area contributed by atoms with E-state index in [0.717, 1.165) is 22.0 Å². The van der Waals surface area contributed by atoms with Crippen LogP contribution in [0, 0.1) is 20.8 Å². The van der Waals surface area contributed by atoms with E-state index in [4.69, 9.17) is 0 Å². The summed E-state index contributed by atoms with van der Waals surface area (Å²) >= 11 is 0. The van der Waals surface area contributed by atoms with Crippen molar-refractivity contribution in [3.05, 3.63) is 75.1 Å². The first kappa shape index (κ1) is 18.4. The predicted octanol–water partition coefficient (Wildman–Crippen LogP) is 2.97. The van der Waals surface area contributed by atoms with Gasteiger partial charge in [0.25, 0.3) is 5.56 Å². The summed E-state index contributed by atoms with van der Waals surface area (Å²) in [5.74, 6) is 0. The maximum absolute atomic E-state index is 12.5. The molecule has 136 valence electrons. The van der Waals surface area contributed by atoms with Crippen LogP contribution in [0.25, 0.3) is 10.9 Å². The van der Waals surface area contributed by atoms with Crippen LogP contribution in [0.3, 0.4) is 0 Å². The van der Waals surface area contributed by atoms with Crippen LogP contribution in [0.1, 0.15) is 22.3 Å². The van der Waals surface area contributed by atoms with E-state index in [0.29, 0.717) is 17.5 Å². The number of fused-ring (bicyclic) bond motifs is 1. The third-order valence-corrected chi connectivity index (χ3v) is 6.00. The van der Waals surface area contributed by atoms with Crippen molar-refractivity contribution in [2.45, 2.75) is 32.1 Å². The summed E-state index contributed by atoms with van der Waals surface area (Å²) in [6, 6.07) is 12.9. The molecule has 26 heavy (non-hydrogen) atoms. The zero-order valence-corrected chi connectivity index (χ0v) is 15.9. The molecule has 0 bridgehead atoms. The third kappa shape index (κ3) is 3.86. The van der Waals surface area contributed by atoms with Gasteiger partial charge in [-0.25, -0.2) is 13.1 Å². The largest absolute Gasteiger partial charge is 0.322 e. The minimum absolute atomic E-state index is 0.163.